The number of hydrogen-bond donors (Lipinski definition) is 1. The van der Waals surface area contributed by atoms with Gasteiger partial charge in [-0.3, -0.25) is 4.98 Å². The average molecular weight is 233 g/mol. The number of carbonyl (C=O) groups is 1. The van der Waals surface area contributed by atoms with Crippen LogP contribution in [0.25, 0.3) is 0 Å². The van der Waals surface area contributed by atoms with Gasteiger partial charge in [0.25, 0.3) is 0 Å². The number of thiophene rings is 1. The smallest absolute Gasteiger partial charge is 0.345 e. The van der Waals surface area contributed by atoms with E-state index in [1.54, 1.807) is 18.5 Å². The van der Waals surface area contributed by atoms with Crippen LogP contribution < -0.4 is 0 Å². The summed E-state index contributed by atoms with van der Waals surface area (Å²) in [6.07, 6.45) is 4.28. The Morgan fingerprint density at radius 2 is 2.38 bits per heavy atom. The van der Waals surface area contributed by atoms with Gasteiger partial charge in [-0.25, -0.2) is 4.79 Å². The summed E-state index contributed by atoms with van der Waals surface area (Å²) in [7, 11) is 0. The van der Waals surface area contributed by atoms with Gasteiger partial charge < -0.3 is 5.11 Å². The maximum Gasteiger partial charge on any atom is 0.345 e. The van der Waals surface area contributed by atoms with Gasteiger partial charge in [0, 0.05) is 23.7 Å². The van der Waals surface area contributed by atoms with Gasteiger partial charge in [0.2, 0.25) is 0 Å². The number of hydrogen-bond acceptors (Lipinski definition) is 3. The minimum absolute atomic E-state index is 0.399. The molecule has 2 aromatic rings. The van der Waals surface area contributed by atoms with Crippen LogP contribution in [-0.2, 0) is 6.42 Å². The van der Waals surface area contributed by atoms with Crippen molar-refractivity contribution in [3.05, 3.63) is 51.5 Å². The van der Waals surface area contributed by atoms with E-state index in [1.807, 2.05) is 19.1 Å². The predicted molar refractivity (Wildman–Crippen MR) is 63.1 cm³/mol. The fourth-order valence-corrected chi connectivity index (χ4v) is 2.54. The maximum absolute atomic E-state index is 10.8. The molecule has 0 spiro atoms. The second-order valence-electron chi connectivity index (χ2n) is 3.56. The molecule has 1 N–H and O–H groups in total. The lowest BCUT2D eigenvalue weighted by molar-refractivity contribution is 0.0702. The number of carboxylic acids is 1. The molecule has 0 aliphatic rings. The molecule has 0 amide bonds. The minimum Gasteiger partial charge on any atom is -0.477 e. The van der Waals surface area contributed by atoms with Crippen LogP contribution in [0.15, 0.2) is 30.6 Å². The van der Waals surface area contributed by atoms with Crippen LogP contribution in [0, 0.1) is 6.92 Å². The van der Waals surface area contributed by atoms with E-state index in [2.05, 4.69) is 4.98 Å². The highest BCUT2D eigenvalue weighted by molar-refractivity contribution is 7.14. The third kappa shape index (κ3) is 2.28. The second kappa shape index (κ2) is 4.45. The van der Waals surface area contributed by atoms with Gasteiger partial charge >= 0.3 is 5.97 Å². The summed E-state index contributed by atoms with van der Waals surface area (Å²) in [6.45, 7) is 1.94. The van der Waals surface area contributed by atoms with Crippen molar-refractivity contribution in [2.45, 2.75) is 13.3 Å². The molecule has 0 aliphatic carbocycles. The highest BCUT2D eigenvalue weighted by Crippen LogP contribution is 2.24. The molecule has 0 saturated heterocycles. The summed E-state index contributed by atoms with van der Waals surface area (Å²) in [6, 6.07) is 5.60. The lowest BCUT2D eigenvalue weighted by Gasteiger charge is -1.98. The van der Waals surface area contributed by atoms with Crippen LogP contribution >= 0.6 is 11.3 Å². The Labute approximate surface area is 97.4 Å². The number of aryl methyl sites for hydroxylation is 1. The summed E-state index contributed by atoms with van der Waals surface area (Å²) in [4.78, 5) is 16.3. The summed E-state index contributed by atoms with van der Waals surface area (Å²) in [5.74, 6) is -0.856. The minimum atomic E-state index is -0.856. The standard InChI is InChI=1S/C12H11NO2S/c1-8-5-11(12(14)15)16-10(8)6-9-3-2-4-13-7-9/h2-5,7H,6H2,1H3,(H,14,15). The van der Waals surface area contributed by atoms with Gasteiger partial charge in [-0.05, 0) is 30.2 Å². The highest BCUT2D eigenvalue weighted by Gasteiger charge is 2.11. The molecule has 2 heterocycles. The fraction of sp³-hybridized carbons (Fsp3) is 0.167. The van der Waals surface area contributed by atoms with Gasteiger partial charge in [-0.15, -0.1) is 11.3 Å². The predicted octanol–water partition coefficient (Wildman–Crippen LogP) is 2.74. The maximum atomic E-state index is 10.8. The number of pyridine rings is 1. The SMILES string of the molecule is Cc1cc(C(=O)O)sc1Cc1cccnc1. The number of carboxylic acid groups (broad SMARTS) is 1. The first kappa shape index (κ1) is 10.8. The molecule has 0 fully saturated rings. The van der Waals surface area contributed by atoms with Gasteiger partial charge in [0.05, 0.1) is 0 Å². The molecule has 0 aliphatic heterocycles. The van der Waals surface area contributed by atoms with Crippen LogP contribution in [0.3, 0.4) is 0 Å². The summed E-state index contributed by atoms with van der Waals surface area (Å²) in [5, 5.41) is 8.89. The second-order valence-corrected chi connectivity index (χ2v) is 4.70. The van der Waals surface area contributed by atoms with Crippen molar-refractivity contribution in [2.75, 3.05) is 0 Å². The Bertz CT molecular complexity index is 505. The monoisotopic (exact) mass is 233 g/mol. The van der Waals surface area contributed by atoms with E-state index in [-0.39, 0.29) is 0 Å². The van der Waals surface area contributed by atoms with E-state index in [4.69, 9.17) is 5.11 Å². The largest absolute Gasteiger partial charge is 0.477 e. The van der Waals surface area contributed by atoms with Crippen molar-refractivity contribution < 1.29 is 9.90 Å². The Morgan fingerprint density at radius 3 is 2.94 bits per heavy atom. The van der Waals surface area contributed by atoms with Crippen LogP contribution in [0.1, 0.15) is 25.7 Å². The van der Waals surface area contributed by atoms with Crippen LogP contribution in [-0.4, -0.2) is 16.1 Å². The molecule has 2 aromatic heterocycles. The normalized spacial score (nSPS) is 10.3. The van der Waals surface area contributed by atoms with Crippen molar-refractivity contribution in [1.29, 1.82) is 0 Å². The zero-order valence-electron chi connectivity index (χ0n) is 8.80. The topological polar surface area (TPSA) is 50.2 Å². The number of aromatic carboxylic acids is 1. The third-order valence-electron chi connectivity index (χ3n) is 2.32. The Kier molecular flexibility index (Phi) is 3.01. The molecule has 0 aromatic carbocycles. The Morgan fingerprint density at radius 1 is 1.56 bits per heavy atom. The van der Waals surface area contributed by atoms with Crippen LogP contribution in [0.5, 0.6) is 0 Å². The number of aromatic nitrogens is 1. The molecule has 4 heteroatoms. The van der Waals surface area contributed by atoms with Gasteiger partial charge in [0.1, 0.15) is 4.88 Å². The lowest BCUT2D eigenvalue weighted by atomic mass is 10.1. The molecule has 3 nitrogen and oxygen atoms in total. The van der Waals surface area contributed by atoms with Gasteiger partial charge in [0.15, 0.2) is 0 Å². The zero-order chi connectivity index (χ0) is 11.5. The molecular weight excluding hydrogens is 222 g/mol. The van der Waals surface area contributed by atoms with Crippen molar-refractivity contribution in [1.82, 2.24) is 4.98 Å². The van der Waals surface area contributed by atoms with Crippen LogP contribution in [0.4, 0.5) is 0 Å². The Hall–Kier alpha value is -1.68. The molecule has 0 atom stereocenters. The lowest BCUT2D eigenvalue weighted by Crippen LogP contribution is -1.89. The van der Waals surface area contributed by atoms with E-state index < -0.39 is 5.97 Å². The molecule has 0 bridgehead atoms. The Balaban J connectivity index is 2.25. The van der Waals surface area contributed by atoms with E-state index in [0.29, 0.717) is 4.88 Å². The average Bonchev–Trinajstić information content (AvgIpc) is 2.62. The molecule has 2 rings (SSSR count). The first-order valence-electron chi connectivity index (χ1n) is 4.88. The van der Waals surface area contributed by atoms with Gasteiger partial charge in [-0.2, -0.15) is 0 Å². The van der Waals surface area contributed by atoms with Crippen LogP contribution in [0.2, 0.25) is 0 Å². The van der Waals surface area contributed by atoms with Crippen molar-refractivity contribution >= 4 is 17.3 Å². The molecule has 0 radical (unpaired) electrons. The quantitative estimate of drug-likeness (QED) is 0.886. The molecule has 0 saturated carbocycles. The zero-order valence-corrected chi connectivity index (χ0v) is 9.62. The molecule has 16 heavy (non-hydrogen) atoms. The number of rotatable bonds is 3. The van der Waals surface area contributed by atoms with Gasteiger partial charge in [-0.1, -0.05) is 6.07 Å². The first-order valence-corrected chi connectivity index (χ1v) is 5.70. The first-order chi connectivity index (χ1) is 7.66. The highest BCUT2D eigenvalue weighted by atomic mass is 32.1. The third-order valence-corrected chi connectivity index (χ3v) is 3.54. The summed E-state index contributed by atoms with van der Waals surface area (Å²) >= 11 is 1.34. The van der Waals surface area contributed by atoms with Crippen molar-refractivity contribution in [3.8, 4) is 0 Å². The summed E-state index contributed by atoms with van der Waals surface area (Å²) in [5.41, 5.74) is 2.13. The van der Waals surface area contributed by atoms with Crippen molar-refractivity contribution in [3.63, 3.8) is 0 Å². The number of nitrogens with zero attached hydrogens (tertiary/aromatic N) is 1. The molecule has 82 valence electrons. The van der Waals surface area contributed by atoms with E-state index in [1.165, 1.54) is 11.3 Å². The fourth-order valence-electron chi connectivity index (χ4n) is 1.49. The molecular formula is C12H11NO2S. The molecule has 0 unspecified atom stereocenters. The van der Waals surface area contributed by atoms with E-state index >= 15 is 0 Å². The van der Waals surface area contributed by atoms with E-state index in [0.717, 1.165) is 22.4 Å². The van der Waals surface area contributed by atoms with E-state index in [9.17, 15) is 4.79 Å². The van der Waals surface area contributed by atoms with Crippen molar-refractivity contribution in [2.24, 2.45) is 0 Å². The summed E-state index contributed by atoms with van der Waals surface area (Å²) < 4.78 is 0.